The molecule has 0 saturated heterocycles. The van der Waals surface area contributed by atoms with Crippen LogP contribution in [-0.2, 0) is 4.79 Å². The van der Waals surface area contributed by atoms with E-state index in [4.69, 9.17) is 19.9 Å². The highest BCUT2D eigenvalue weighted by molar-refractivity contribution is 5.89. The summed E-state index contributed by atoms with van der Waals surface area (Å²) in [7, 11) is 3.25. The minimum Gasteiger partial charge on any atom is -0.481 e. The van der Waals surface area contributed by atoms with Crippen molar-refractivity contribution < 1.29 is 14.3 Å². The standard InChI is InChI=1S/C29H30N8O3/c1-5-26(38)36-12-10-19(11-13-36)22-7-8-23-28(35-22)29(33-17-32-23)34-20-6-9-24(18(2)14-20)40-21-15-25(30)37(31-3)27(16-21)39-4/h5-10,14-17,30-31H,1,11-13H2,2-4H3,(H,32,33,34). The first-order chi connectivity index (χ1) is 19.4. The van der Waals surface area contributed by atoms with Crippen LogP contribution in [0.2, 0.25) is 0 Å². The normalized spacial score (nSPS) is 13.0. The Kier molecular flexibility index (Phi) is 7.45. The monoisotopic (exact) mass is 538 g/mol. The SMILES string of the molecule is C=CC(=O)N1CC=C(c2ccc3ncnc(Nc4ccc(Oc5cc(OC)n(NC)c(=N)c5)c(C)c4)c3n2)CC1. The molecule has 0 aliphatic carbocycles. The second kappa shape index (κ2) is 11.3. The van der Waals surface area contributed by atoms with Crippen molar-refractivity contribution in [3.8, 4) is 17.4 Å². The molecular formula is C29H30N8O3. The Balaban J connectivity index is 1.38. The van der Waals surface area contributed by atoms with E-state index in [1.807, 2.05) is 43.3 Å². The van der Waals surface area contributed by atoms with Gasteiger partial charge >= 0.3 is 0 Å². The smallest absolute Gasteiger partial charge is 0.246 e. The molecular weight excluding hydrogens is 508 g/mol. The van der Waals surface area contributed by atoms with Crippen LogP contribution in [0.15, 0.2) is 67.5 Å². The highest BCUT2D eigenvalue weighted by Gasteiger charge is 2.18. The number of amides is 1. The molecule has 3 aromatic heterocycles. The van der Waals surface area contributed by atoms with Gasteiger partial charge in [-0.25, -0.2) is 19.6 Å². The number of aryl methyl sites for hydroxylation is 1. The zero-order valence-electron chi connectivity index (χ0n) is 22.6. The van der Waals surface area contributed by atoms with Crippen molar-refractivity contribution in [3.63, 3.8) is 0 Å². The maximum atomic E-state index is 11.9. The van der Waals surface area contributed by atoms with Gasteiger partial charge in [-0.15, -0.1) is 0 Å². The van der Waals surface area contributed by atoms with Crippen molar-refractivity contribution >= 4 is 34.0 Å². The first kappa shape index (κ1) is 26.4. The number of carbonyl (C=O) groups excluding carboxylic acids is 1. The Morgan fingerprint density at radius 2 is 2.02 bits per heavy atom. The molecule has 4 aromatic rings. The molecule has 1 aromatic carbocycles. The molecule has 1 aliphatic rings. The van der Waals surface area contributed by atoms with Crippen LogP contribution in [0.5, 0.6) is 17.4 Å². The van der Waals surface area contributed by atoms with Crippen molar-refractivity contribution in [3.05, 3.63) is 84.3 Å². The van der Waals surface area contributed by atoms with Gasteiger partial charge in [-0.1, -0.05) is 12.7 Å². The molecule has 0 radical (unpaired) electrons. The number of benzene rings is 1. The zero-order valence-corrected chi connectivity index (χ0v) is 22.6. The number of rotatable bonds is 8. The molecule has 3 N–H and O–H groups in total. The van der Waals surface area contributed by atoms with Gasteiger partial charge < -0.3 is 25.1 Å². The van der Waals surface area contributed by atoms with E-state index in [0.29, 0.717) is 48.2 Å². The lowest BCUT2D eigenvalue weighted by atomic mass is 10.0. The van der Waals surface area contributed by atoms with Crippen LogP contribution in [0.25, 0.3) is 16.6 Å². The first-order valence-corrected chi connectivity index (χ1v) is 12.7. The average Bonchev–Trinajstić information content (AvgIpc) is 2.98. The fraction of sp³-hybridized carbons (Fsp3) is 0.207. The van der Waals surface area contributed by atoms with Gasteiger partial charge in [-0.3, -0.25) is 10.2 Å². The third-order valence-corrected chi connectivity index (χ3v) is 6.61. The van der Waals surface area contributed by atoms with E-state index in [0.717, 1.165) is 28.0 Å². The van der Waals surface area contributed by atoms with Crippen molar-refractivity contribution in [2.45, 2.75) is 13.3 Å². The van der Waals surface area contributed by atoms with Crippen LogP contribution < -0.4 is 25.7 Å². The summed E-state index contributed by atoms with van der Waals surface area (Å²) in [5.74, 6) is 2.11. The van der Waals surface area contributed by atoms with Gasteiger partial charge in [-0.2, -0.15) is 0 Å². The molecule has 0 spiro atoms. The van der Waals surface area contributed by atoms with Crippen LogP contribution in [0, 0.1) is 12.3 Å². The van der Waals surface area contributed by atoms with Gasteiger partial charge in [0.2, 0.25) is 11.8 Å². The fourth-order valence-electron chi connectivity index (χ4n) is 4.53. The molecule has 0 bridgehead atoms. The van der Waals surface area contributed by atoms with Gasteiger partial charge in [0.15, 0.2) is 11.3 Å². The Labute approximate surface area is 231 Å². The third kappa shape index (κ3) is 5.35. The quantitative estimate of drug-likeness (QED) is 0.286. The summed E-state index contributed by atoms with van der Waals surface area (Å²) in [6, 6.07) is 12.9. The van der Waals surface area contributed by atoms with Crippen LogP contribution in [0.1, 0.15) is 17.7 Å². The minimum atomic E-state index is -0.0695. The Bertz CT molecular complexity index is 1700. The molecule has 0 atom stereocenters. The number of anilines is 2. The molecule has 0 fully saturated rings. The van der Waals surface area contributed by atoms with Gasteiger partial charge in [0, 0.05) is 38.0 Å². The van der Waals surface area contributed by atoms with Gasteiger partial charge in [0.1, 0.15) is 23.3 Å². The molecule has 40 heavy (non-hydrogen) atoms. The van der Waals surface area contributed by atoms with Crippen LogP contribution >= 0.6 is 0 Å². The van der Waals surface area contributed by atoms with Gasteiger partial charge in [0.05, 0.1) is 18.3 Å². The predicted molar refractivity (Wildman–Crippen MR) is 153 cm³/mol. The lowest BCUT2D eigenvalue weighted by Crippen LogP contribution is -2.33. The fourth-order valence-corrected chi connectivity index (χ4v) is 4.53. The lowest BCUT2D eigenvalue weighted by molar-refractivity contribution is -0.125. The molecule has 11 heteroatoms. The maximum Gasteiger partial charge on any atom is 0.246 e. The van der Waals surface area contributed by atoms with E-state index < -0.39 is 0 Å². The number of methoxy groups -OCH3 is 1. The summed E-state index contributed by atoms with van der Waals surface area (Å²) in [6.07, 6.45) is 5.59. The summed E-state index contributed by atoms with van der Waals surface area (Å²) in [5.41, 5.74) is 8.08. The second-order valence-corrected chi connectivity index (χ2v) is 9.14. The number of fused-ring (bicyclic) bond motifs is 1. The van der Waals surface area contributed by atoms with Crippen molar-refractivity contribution in [2.75, 3.05) is 38.0 Å². The van der Waals surface area contributed by atoms with Crippen LogP contribution in [0.3, 0.4) is 0 Å². The number of hydrogen-bond donors (Lipinski definition) is 3. The molecule has 204 valence electrons. The number of carbonyl (C=O) groups is 1. The lowest BCUT2D eigenvalue weighted by Gasteiger charge is -2.25. The van der Waals surface area contributed by atoms with Gasteiger partial charge in [-0.05, 0) is 60.9 Å². The highest BCUT2D eigenvalue weighted by atomic mass is 16.5. The van der Waals surface area contributed by atoms with E-state index in [1.54, 1.807) is 31.2 Å². The Morgan fingerprint density at radius 1 is 1.18 bits per heavy atom. The molecule has 4 heterocycles. The van der Waals surface area contributed by atoms with E-state index in [1.165, 1.54) is 17.1 Å². The number of ether oxygens (including phenoxy) is 2. The van der Waals surface area contributed by atoms with Crippen molar-refractivity contribution in [2.24, 2.45) is 0 Å². The van der Waals surface area contributed by atoms with E-state index in [9.17, 15) is 4.79 Å². The Morgan fingerprint density at radius 3 is 2.73 bits per heavy atom. The minimum absolute atomic E-state index is 0.0695. The third-order valence-electron chi connectivity index (χ3n) is 6.61. The van der Waals surface area contributed by atoms with Crippen molar-refractivity contribution in [1.29, 1.82) is 5.41 Å². The largest absolute Gasteiger partial charge is 0.481 e. The van der Waals surface area contributed by atoms with Crippen LogP contribution in [-0.4, -0.2) is 57.7 Å². The summed E-state index contributed by atoms with van der Waals surface area (Å²) in [4.78, 5) is 27.4. The van der Waals surface area contributed by atoms with Crippen molar-refractivity contribution in [1.82, 2.24) is 24.5 Å². The van der Waals surface area contributed by atoms with Gasteiger partial charge in [0.25, 0.3) is 0 Å². The van der Waals surface area contributed by atoms with E-state index in [2.05, 4.69) is 27.3 Å². The van der Waals surface area contributed by atoms with Crippen LogP contribution in [0.4, 0.5) is 11.5 Å². The molecule has 1 aliphatic heterocycles. The van der Waals surface area contributed by atoms with E-state index >= 15 is 0 Å². The number of pyridine rings is 2. The highest BCUT2D eigenvalue weighted by Crippen LogP contribution is 2.31. The number of aromatic nitrogens is 4. The molecule has 1 amide bonds. The molecule has 5 rings (SSSR count). The molecule has 0 saturated carbocycles. The molecule has 0 unspecified atom stereocenters. The number of hydrogen-bond acceptors (Lipinski definition) is 9. The van der Waals surface area contributed by atoms with E-state index in [-0.39, 0.29) is 11.4 Å². The predicted octanol–water partition coefficient (Wildman–Crippen LogP) is 4.13. The maximum absolute atomic E-state index is 11.9. The second-order valence-electron chi connectivity index (χ2n) is 9.14. The topological polar surface area (TPSA) is 130 Å². The summed E-state index contributed by atoms with van der Waals surface area (Å²) in [6.45, 7) is 6.66. The molecule has 11 nitrogen and oxygen atoms in total. The number of nitrogens with zero attached hydrogens (tertiary/aromatic N) is 5. The summed E-state index contributed by atoms with van der Waals surface area (Å²) < 4.78 is 12.9. The number of nitrogens with one attached hydrogen (secondary N) is 3. The average molecular weight is 539 g/mol. The zero-order chi connectivity index (χ0) is 28.2. The summed E-state index contributed by atoms with van der Waals surface area (Å²) >= 11 is 0. The Hall–Kier alpha value is -5.19. The summed E-state index contributed by atoms with van der Waals surface area (Å²) in [5, 5.41) is 11.6. The first-order valence-electron chi connectivity index (χ1n) is 12.7.